The number of amides is 2. The third-order valence-electron chi connectivity index (χ3n) is 4.52. The summed E-state index contributed by atoms with van der Waals surface area (Å²) in [4.78, 5) is 24.6. The normalized spacial score (nSPS) is 20.4. The first kappa shape index (κ1) is 21.5. The highest BCUT2D eigenvalue weighted by atomic mass is 35.5. The van der Waals surface area contributed by atoms with E-state index in [4.69, 9.17) is 5.73 Å². The predicted molar refractivity (Wildman–Crippen MR) is 105 cm³/mol. The maximum absolute atomic E-state index is 12.4. The molecule has 140 valence electrons. The van der Waals surface area contributed by atoms with Crippen LogP contribution in [0.3, 0.4) is 0 Å². The summed E-state index contributed by atoms with van der Waals surface area (Å²) in [6.45, 7) is 7.55. The Morgan fingerprint density at radius 1 is 1.16 bits per heavy atom. The molecule has 1 aromatic carbocycles. The van der Waals surface area contributed by atoms with E-state index in [2.05, 4.69) is 10.6 Å². The summed E-state index contributed by atoms with van der Waals surface area (Å²) in [6.07, 6.45) is 3.63. The van der Waals surface area contributed by atoms with E-state index in [-0.39, 0.29) is 36.2 Å². The van der Waals surface area contributed by atoms with Crippen LogP contribution in [0.4, 0.5) is 11.4 Å². The molecule has 0 saturated heterocycles. The molecule has 0 radical (unpaired) electrons. The standard InChI is InChI=1S/C19H29N3O2.ClH/c1-12-8-9-15(11-16(12)22-18(24)19(2,3)4)21-17(23)13-6-5-7-14(20)10-13;/h8-9,11,13-14H,5-7,10,20H2,1-4H3,(H,21,23)(H,22,24);1H. The first-order valence-electron chi connectivity index (χ1n) is 8.65. The topological polar surface area (TPSA) is 84.2 Å². The number of carbonyl (C=O) groups is 2. The van der Waals surface area contributed by atoms with Gasteiger partial charge in [0.05, 0.1) is 0 Å². The zero-order valence-corrected chi connectivity index (χ0v) is 16.3. The number of rotatable bonds is 3. The number of anilines is 2. The molecule has 1 saturated carbocycles. The molecular formula is C19H30ClN3O2. The Kier molecular flexibility index (Phi) is 7.44. The molecule has 0 heterocycles. The van der Waals surface area contributed by atoms with E-state index in [9.17, 15) is 9.59 Å². The molecule has 2 atom stereocenters. The molecule has 2 rings (SSSR count). The van der Waals surface area contributed by atoms with Gasteiger partial charge in [-0.05, 0) is 43.9 Å². The van der Waals surface area contributed by atoms with Gasteiger partial charge >= 0.3 is 0 Å². The summed E-state index contributed by atoms with van der Waals surface area (Å²) in [5.74, 6) is -0.0582. The number of nitrogens with two attached hydrogens (primary N) is 1. The van der Waals surface area contributed by atoms with Gasteiger partial charge in [0.1, 0.15) is 0 Å². The van der Waals surface area contributed by atoms with Gasteiger partial charge < -0.3 is 16.4 Å². The maximum atomic E-state index is 12.4. The van der Waals surface area contributed by atoms with Gasteiger partial charge in [-0.15, -0.1) is 12.4 Å². The third kappa shape index (κ3) is 6.01. The molecule has 6 heteroatoms. The largest absolute Gasteiger partial charge is 0.328 e. The van der Waals surface area contributed by atoms with Crippen molar-refractivity contribution in [3.63, 3.8) is 0 Å². The molecule has 2 amide bonds. The second-order valence-corrected chi connectivity index (χ2v) is 7.85. The summed E-state index contributed by atoms with van der Waals surface area (Å²) < 4.78 is 0. The highest BCUT2D eigenvalue weighted by Gasteiger charge is 2.26. The minimum atomic E-state index is -0.468. The predicted octanol–water partition coefficient (Wildman–Crippen LogP) is 3.86. The van der Waals surface area contributed by atoms with Crippen LogP contribution < -0.4 is 16.4 Å². The third-order valence-corrected chi connectivity index (χ3v) is 4.52. The number of aryl methyl sites for hydroxylation is 1. The second-order valence-electron chi connectivity index (χ2n) is 7.85. The lowest BCUT2D eigenvalue weighted by atomic mass is 9.85. The number of nitrogens with one attached hydrogen (secondary N) is 2. The Hall–Kier alpha value is -1.59. The van der Waals surface area contributed by atoms with Crippen molar-refractivity contribution < 1.29 is 9.59 Å². The first-order valence-corrected chi connectivity index (χ1v) is 8.65. The summed E-state index contributed by atoms with van der Waals surface area (Å²) in [7, 11) is 0. The van der Waals surface area contributed by atoms with E-state index in [1.165, 1.54) is 0 Å². The van der Waals surface area contributed by atoms with Gasteiger partial charge in [-0.2, -0.15) is 0 Å². The van der Waals surface area contributed by atoms with Gasteiger partial charge in [0, 0.05) is 28.7 Å². The van der Waals surface area contributed by atoms with Gasteiger partial charge in [0.25, 0.3) is 0 Å². The van der Waals surface area contributed by atoms with Gasteiger partial charge in [-0.3, -0.25) is 9.59 Å². The fraction of sp³-hybridized carbons (Fsp3) is 0.579. The molecule has 4 N–H and O–H groups in total. The Labute approximate surface area is 156 Å². The van der Waals surface area contributed by atoms with Crippen LogP contribution in [0.5, 0.6) is 0 Å². The highest BCUT2D eigenvalue weighted by molar-refractivity contribution is 5.97. The lowest BCUT2D eigenvalue weighted by Gasteiger charge is -2.25. The number of benzene rings is 1. The van der Waals surface area contributed by atoms with E-state index in [0.717, 1.165) is 36.9 Å². The van der Waals surface area contributed by atoms with Crippen molar-refractivity contribution in [3.8, 4) is 0 Å². The number of carbonyl (C=O) groups excluding carboxylic acids is 2. The molecule has 0 bridgehead atoms. The molecule has 0 aromatic heterocycles. The van der Waals surface area contributed by atoms with Gasteiger partial charge in [-0.25, -0.2) is 0 Å². The van der Waals surface area contributed by atoms with Gasteiger partial charge in [0.15, 0.2) is 0 Å². The molecule has 25 heavy (non-hydrogen) atoms. The van der Waals surface area contributed by atoms with Crippen molar-refractivity contribution in [2.45, 2.75) is 59.4 Å². The van der Waals surface area contributed by atoms with Crippen LogP contribution in [-0.4, -0.2) is 17.9 Å². The zero-order valence-electron chi connectivity index (χ0n) is 15.5. The molecule has 1 aliphatic carbocycles. The van der Waals surface area contributed by atoms with E-state index < -0.39 is 5.41 Å². The van der Waals surface area contributed by atoms with Crippen LogP contribution in [0.15, 0.2) is 18.2 Å². The van der Waals surface area contributed by atoms with E-state index in [1.54, 1.807) is 0 Å². The average molecular weight is 368 g/mol. The summed E-state index contributed by atoms with van der Waals surface area (Å²) in [6, 6.07) is 5.71. The zero-order chi connectivity index (χ0) is 17.9. The summed E-state index contributed by atoms with van der Waals surface area (Å²) >= 11 is 0. The Morgan fingerprint density at radius 3 is 2.44 bits per heavy atom. The smallest absolute Gasteiger partial charge is 0.229 e. The molecule has 1 aliphatic rings. The first-order chi connectivity index (χ1) is 11.2. The monoisotopic (exact) mass is 367 g/mol. The quantitative estimate of drug-likeness (QED) is 0.758. The summed E-state index contributed by atoms with van der Waals surface area (Å²) in [5, 5.41) is 5.91. The summed E-state index contributed by atoms with van der Waals surface area (Å²) in [5.41, 5.74) is 7.90. The van der Waals surface area contributed by atoms with E-state index >= 15 is 0 Å². The van der Waals surface area contributed by atoms with Crippen LogP contribution in [0, 0.1) is 18.3 Å². The van der Waals surface area contributed by atoms with Crippen LogP contribution in [0.2, 0.25) is 0 Å². The second kappa shape index (κ2) is 8.68. The molecule has 1 fully saturated rings. The van der Waals surface area contributed by atoms with Crippen LogP contribution >= 0.6 is 12.4 Å². The average Bonchev–Trinajstić information content (AvgIpc) is 2.49. The van der Waals surface area contributed by atoms with Crippen LogP contribution in [0.25, 0.3) is 0 Å². The van der Waals surface area contributed by atoms with Gasteiger partial charge in [-0.1, -0.05) is 33.3 Å². The SMILES string of the molecule is Cc1ccc(NC(=O)C2CCCC(N)C2)cc1NC(=O)C(C)(C)C.Cl. The molecule has 5 nitrogen and oxygen atoms in total. The maximum Gasteiger partial charge on any atom is 0.229 e. The van der Waals surface area contributed by atoms with Crippen molar-refractivity contribution in [2.24, 2.45) is 17.1 Å². The lowest BCUT2D eigenvalue weighted by Crippen LogP contribution is -2.34. The number of halogens is 1. The fourth-order valence-corrected chi connectivity index (χ4v) is 2.85. The Balaban J connectivity index is 0.00000312. The van der Waals surface area contributed by atoms with Crippen molar-refractivity contribution in [2.75, 3.05) is 10.6 Å². The molecule has 1 aromatic rings. The van der Waals surface area contributed by atoms with E-state index in [1.807, 2.05) is 45.9 Å². The van der Waals surface area contributed by atoms with Crippen molar-refractivity contribution in [1.82, 2.24) is 0 Å². The van der Waals surface area contributed by atoms with Crippen LogP contribution in [-0.2, 0) is 9.59 Å². The molecule has 0 spiro atoms. The van der Waals surface area contributed by atoms with Gasteiger partial charge in [0.2, 0.25) is 11.8 Å². The molecule has 0 aliphatic heterocycles. The van der Waals surface area contributed by atoms with Crippen molar-refractivity contribution in [1.29, 1.82) is 0 Å². The lowest BCUT2D eigenvalue weighted by molar-refractivity contribution is -0.123. The highest BCUT2D eigenvalue weighted by Crippen LogP contribution is 2.27. The number of hydrogen-bond acceptors (Lipinski definition) is 3. The number of hydrogen-bond donors (Lipinski definition) is 3. The minimum absolute atomic E-state index is 0. The molecule has 2 unspecified atom stereocenters. The molecular weight excluding hydrogens is 338 g/mol. The van der Waals surface area contributed by atoms with Crippen molar-refractivity contribution >= 4 is 35.6 Å². The van der Waals surface area contributed by atoms with Crippen molar-refractivity contribution in [3.05, 3.63) is 23.8 Å². The van der Waals surface area contributed by atoms with Crippen LogP contribution in [0.1, 0.15) is 52.0 Å². The Bertz CT molecular complexity index is 626. The fourth-order valence-electron chi connectivity index (χ4n) is 2.85. The Morgan fingerprint density at radius 2 is 1.84 bits per heavy atom. The minimum Gasteiger partial charge on any atom is -0.328 e. The van der Waals surface area contributed by atoms with E-state index in [0.29, 0.717) is 5.69 Å².